The zero-order valence-corrected chi connectivity index (χ0v) is 21.3. The number of nitrogens with zero attached hydrogens (tertiary/aromatic N) is 3. The predicted octanol–water partition coefficient (Wildman–Crippen LogP) is 4.08. The third-order valence-electron chi connectivity index (χ3n) is 5.93. The van der Waals surface area contributed by atoms with E-state index in [0.29, 0.717) is 23.1 Å². The van der Waals surface area contributed by atoms with Crippen LogP contribution in [0.1, 0.15) is 29.2 Å². The molecule has 0 bridgehead atoms. The zero-order chi connectivity index (χ0) is 25.3. The van der Waals surface area contributed by atoms with E-state index >= 15 is 0 Å². The van der Waals surface area contributed by atoms with Crippen molar-refractivity contribution >= 4 is 38.7 Å². The lowest BCUT2D eigenvalue weighted by molar-refractivity contribution is 0.416. The summed E-state index contributed by atoms with van der Waals surface area (Å²) in [5.74, 6) is 1.21. The molecule has 36 heavy (non-hydrogen) atoms. The monoisotopic (exact) mass is 523 g/mol. The number of furan rings is 1. The summed E-state index contributed by atoms with van der Waals surface area (Å²) in [5, 5.41) is 3.96. The van der Waals surface area contributed by atoms with Gasteiger partial charge in [0.15, 0.2) is 5.11 Å². The standard InChI is InChI=1S/C25H25N5O4S2/c1-33-22-15-17(10-11-19(22)28-36(2,31)32)30-24(23(27-25(30)35)20-8-3-4-12-26-20)21-9-5-13-29(21)16-18-7-6-14-34-18/h3-15,23-24,28H,16H2,1-2H3,(H,27,35)/t23-,24-/m0/s1. The highest BCUT2D eigenvalue weighted by atomic mass is 32.2. The maximum atomic E-state index is 11.8. The zero-order valence-electron chi connectivity index (χ0n) is 19.7. The van der Waals surface area contributed by atoms with E-state index in [1.807, 2.05) is 53.6 Å². The topological polar surface area (TPSA) is 102 Å². The van der Waals surface area contributed by atoms with E-state index in [0.717, 1.165) is 29.1 Å². The molecule has 1 aliphatic heterocycles. The fourth-order valence-corrected chi connectivity index (χ4v) is 5.37. The minimum Gasteiger partial charge on any atom is -0.494 e. The summed E-state index contributed by atoms with van der Waals surface area (Å²) in [4.78, 5) is 6.61. The van der Waals surface area contributed by atoms with Crippen molar-refractivity contribution in [1.29, 1.82) is 0 Å². The lowest BCUT2D eigenvalue weighted by Gasteiger charge is -2.29. The van der Waals surface area contributed by atoms with Crippen LogP contribution in [0, 0.1) is 0 Å². The first-order valence-corrected chi connectivity index (χ1v) is 13.5. The molecular weight excluding hydrogens is 498 g/mol. The smallest absolute Gasteiger partial charge is 0.229 e. The van der Waals surface area contributed by atoms with Gasteiger partial charge < -0.3 is 23.9 Å². The summed E-state index contributed by atoms with van der Waals surface area (Å²) < 4.78 is 39.3. The number of sulfonamides is 1. The van der Waals surface area contributed by atoms with Crippen molar-refractivity contribution in [1.82, 2.24) is 14.9 Å². The van der Waals surface area contributed by atoms with Crippen LogP contribution in [0.15, 0.2) is 83.7 Å². The van der Waals surface area contributed by atoms with Gasteiger partial charge in [-0.05, 0) is 60.7 Å². The molecule has 2 atom stereocenters. The highest BCUT2D eigenvalue weighted by Gasteiger charge is 2.42. The number of thiocarbonyl (C=S) groups is 1. The first-order chi connectivity index (χ1) is 17.3. The SMILES string of the molecule is COc1cc(N2C(=S)N[C@@H](c3ccccn3)[C@@H]2c2cccn2Cc2ccco2)ccc1NS(C)(=O)=O. The molecule has 1 fully saturated rings. The fourth-order valence-electron chi connectivity index (χ4n) is 4.46. The second-order valence-electron chi connectivity index (χ2n) is 8.40. The minimum atomic E-state index is -3.48. The Labute approximate surface area is 214 Å². The summed E-state index contributed by atoms with van der Waals surface area (Å²) in [6.45, 7) is 0.557. The first-order valence-electron chi connectivity index (χ1n) is 11.2. The Morgan fingerprint density at radius 1 is 1.17 bits per heavy atom. The summed E-state index contributed by atoms with van der Waals surface area (Å²) in [7, 11) is -1.98. The lowest BCUT2D eigenvalue weighted by atomic mass is 10.0. The average Bonchev–Trinajstić information content (AvgIpc) is 3.60. The maximum absolute atomic E-state index is 11.8. The Morgan fingerprint density at radius 2 is 2.03 bits per heavy atom. The molecule has 9 nitrogen and oxygen atoms in total. The van der Waals surface area contributed by atoms with Crippen LogP contribution in [0.25, 0.3) is 0 Å². The number of rotatable bonds is 8. The average molecular weight is 524 g/mol. The van der Waals surface area contributed by atoms with E-state index < -0.39 is 10.0 Å². The molecule has 1 saturated heterocycles. The normalized spacial score (nSPS) is 17.7. The number of ether oxygens (including phenoxy) is 1. The molecule has 1 aromatic carbocycles. The van der Waals surface area contributed by atoms with Gasteiger partial charge in [0.2, 0.25) is 10.0 Å². The number of aromatic nitrogens is 2. The first kappa shape index (κ1) is 23.9. The summed E-state index contributed by atoms with van der Waals surface area (Å²) >= 11 is 5.82. The van der Waals surface area contributed by atoms with E-state index in [2.05, 4.69) is 25.7 Å². The number of hydrogen-bond acceptors (Lipinski definition) is 6. The summed E-state index contributed by atoms with van der Waals surface area (Å²) in [6.07, 6.45) is 6.52. The summed E-state index contributed by atoms with van der Waals surface area (Å²) in [5.41, 5.74) is 2.95. The Morgan fingerprint density at radius 3 is 2.72 bits per heavy atom. The molecule has 0 amide bonds. The number of anilines is 2. The lowest BCUT2D eigenvalue weighted by Crippen LogP contribution is -2.30. The molecule has 11 heteroatoms. The Hall–Kier alpha value is -3.83. The number of pyridine rings is 1. The molecule has 3 aromatic heterocycles. The molecule has 1 aliphatic rings. The molecule has 0 aliphatic carbocycles. The number of hydrogen-bond donors (Lipinski definition) is 2. The number of benzene rings is 1. The van der Waals surface area contributed by atoms with Gasteiger partial charge in [0.1, 0.15) is 17.6 Å². The number of nitrogens with one attached hydrogen (secondary N) is 2. The van der Waals surface area contributed by atoms with Crippen LogP contribution in [-0.4, -0.2) is 36.4 Å². The van der Waals surface area contributed by atoms with E-state index in [1.54, 1.807) is 24.6 Å². The highest BCUT2D eigenvalue weighted by molar-refractivity contribution is 7.92. The van der Waals surface area contributed by atoms with Crippen LogP contribution in [0.5, 0.6) is 5.75 Å². The van der Waals surface area contributed by atoms with Gasteiger partial charge >= 0.3 is 0 Å². The second-order valence-corrected chi connectivity index (χ2v) is 10.5. The molecule has 0 radical (unpaired) electrons. The van der Waals surface area contributed by atoms with Gasteiger partial charge in [-0.2, -0.15) is 0 Å². The third-order valence-corrected chi connectivity index (χ3v) is 6.84. The molecule has 2 N–H and O–H groups in total. The Bertz CT molecular complexity index is 1470. The van der Waals surface area contributed by atoms with Crippen LogP contribution in [-0.2, 0) is 16.6 Å². The van der Waals surface area contributed by atoms with Crippen molar-refractivity contribution in [2.75, 3.05) is 23.0 Å². The van der Waals surface area contributed by atoms with E-state index in [9.17, 15) is 8.42 Å². The van der Waals surface area contributed by atoms with E-state index in [4.69, 9.17) is 21.4 Å². The van der Waals surface area contributed by atoms with E-state index in [-0.39, 0.29) is 12.1 Å². The van der Waals surface area contributed by atoms with Crippen LogP contribution >= 0.6 is 12.2 Å². The maximum Gasteiger partial charge on any atom is 0.229 e. The Kier molecular flexibility index (Phi) is 6.42. The minimum absolute atomic E-state index is 0.233. The molecule has 5 rings (SSSR count). The van der Waals surface area contributed by atoms with Crippen molar-refractivity contribution in [2.24, 2.45) is 0 Å². The van der Waals surface area contributed by atoms with E-state index in [1.165, 1.54) is 7.11 Å². The van der Waals surface area contributed by atoms with Gasteiger partial charge in [0.25, 0.3) is 0 Å². The highest BCUT2D eigenvalue weighted by Crippen LogP contribution is 2.43. The van der Waals surface area contributed by atoms with Gasteiger partial charge in [0.05, 0.1) is 43.6 Å². The fraction of sp³-hybridized carbons (Fsp3) is 0.200. The van der Waals surface area contributed by atoms with Crippen molar-refractivity contribution in [3.8, 4) is 5.75 Å². The van der Waals surface area contributed by atoms with Gasteiger partial charge in [0, 0.05) is 29.8 Å². The third kappa shape index (κ3) is 4.79. The number of methoxy groups -OCH3 is 1. The molecule has 0 spiro atoms. The van der Waals surface area contributed by atoms with Crippen molar-refractivity contribution in [2.45, 2.75) is 18.6 Å². The van der Waals surface area contributed by atoms with Gasteiger partial charge in [-0.15, -0.1) is 0 Å². The molecule has 4 heterocycles. The van der Waals surface area contributed by atoms with Crippen LogP contribution in [0.4, 0.5) is 11.4 Å². The van der Waals surface area contributed by atoms with Crippen LogP contribution < -0.4 is 19.7 Å². The quantitative estimate of drug-likeness (QED) is 0.333. The molecule has 186 valence electrons. The predicted molar refractivity (Wildman–Crippen MR) is 142 cm³/mol. The van der Waals surface area contributed by atoms with Crippen molar-refractivity contribution in [3.63, 3.8) is 0 Å². The van der Waals surface area contributed by atoms with Crippen LogP contribution in [0.2, 0.25) is 0 Å². The van der Waals surface area contributed by atoms with Crippen LogP contribution in [0.3, 0.4) is 0 Å². The molecular formula is C25H25N5O4S2. The summed E-state index contributed by atoms with van der Waals surface area (Å²) in [6, 6.07) is 18.4. The van der Waals surface area contributed by atoms with Crippen molar-refractivity contribution < 1.29 is 17.6 Å². The molecule has 0 unspecified atom stereocenters. The molecule has 0 saturated carbocycles. The largest absolute Gasteiger partial charge is 0.494 e. The van der Waals surface area contributed by atoms with Crippen molar-refractivity contribution in [3.05, 3.63) is 96.5 Å². The molecule has 4 aromatic rings. The van der Waals surface area contributed by atoms with Gasteiger partial charge in [-0.25, -0.2) is 8.42 Å². The second kappa shape index (κ2) is 9.67. The Balaban J connectivity index is 1.60. The van der Waals surface area contributed by atoms with Gasteiger partial charge in [-0.1, -0.05) is 6.07 Å². The van der Waals surface area contributed by atoms with Gasteiger partial charge in [-0.3, -0.25) is 9.71 Å².